The average Bonchev–Trinajstić information content (AvgIpc) is 3.40. The van der Waals surface area contributed by atoms with Gasteiger partial charge in [-0.1, -0.05) is 30.3 Å². The lowest BCUT2D eigenvalue weighted by molar-refractivity contribution is -0.384. The summed E-state index contributed by atoms with van der Waals surface area (Å²) in [5, 5.41) is 10.7. The number of hydrogen-bond donors (Lipinski definition) is 0. The summed E-state index contributed by atoms with van der Waals surface area (Å²) in [6.45, 7) is 1.84. The fourth-order valence-corrected chi connectivity index (χ4v) is 3.05. The van der Waals surface area contributed by atoms with Gasteiger partial charge in [0.2, 0.25) is 5.91 Å². The summed E-state index contributed by atoms with van der Waals surface area (Å²) in [4.78, 5) is 24.8. The van der Waals surface area contributed by atoms with Crippen molar-refractivity contribution in [1.82, 2.24) is 4.90 Å². The third-order valence-electron chi connectivity index (χ3n) is 4.50. The van der Waals surface area contributed by atoms with Crippen molar-refractivity contribution in [2.24, 2.45) is 0 Å². The quantitative estimate of drug-likeness (QED) is 0.588. The number of carbonyl (C=O) groups excluding carboxylic acids is 1. The predicted molar refractivity (Wildman–Crippen MR) is 91.5 cm³/mol. The van der Waals surface area contributed by atoms with Crippen LogP contribution in [0, 0.1) is 15.9 Å². The Bertz CT molecular complexity index is 788. The second-order valence-electron chi connectivity index (χ2n) is 6.33. The summed E-state index contributed by atoms with van der Waals surface area (Å²) in [6.07, 6.45) is 1.99. The summed E-state index contributed by atoms with van der Waals surface area (Å²) < 4.78 is 14.1. The predicted octanol–water partition coefficient (Wildman–Crippen LogP) is 4.03. The number of hydrogen-bond acceptors (Lipinski definition) is 3. The first kappa shape index (κ1) is 17.1. The van der Waals surface area contributed by atoms with E-state index in [0.29, 0.717) is 11.1 Å². The molecule has 0 saturated heterocycles. The smallest absolute Gasteiger partial charge is 0.269 e. The highest BCUT2D eigenvalue weighted by Crippen LogP contribution is 2.35. The SMILES string of the molecule is C[C@H](c1ccccc1F)N(C(=O)Cc1ccc([N+](=O)[O-])cc1)C1CC1. The van der Waals surface area contributed by atoms with E-state index < -0.39 is 4.92 Å². The summed E-state index contributed by atoms with van der Waals surface area (Å²) >= 11 is 0. The molecule has 0 N–H and O–H groups in total. The molecule has 130 valence electrons. The van der Waals surface area contributed by atoms with Crippen molar-refractivity contribution in [3.8, 4) is 0 Å². The van der Waals surface area contributed by atoms with Crippen LogP contribution < -0.4 is 0 Å². The van der Waals surface area contributed by atoms with Gasteiger partial charge in [0, 0.05) is 23.7 Å². The fourth-order valence-electron chi connectivity index (χ4n) is 3.05. The third-order valence-corrected chi connectivity index (χ3v) is 4.50. The Labute approximate surface area is 145 Å². The van der Waals surface area contributed by atoms with Crippen LogP contribution in [0.5, 0.6) is 0 Å². The van der Waals surface area contributed by atoms with Crippen molar-refractivity contribution in [2.45, 2.75) is 38.3 Å². The van der Waals surface area contributed by atoms with Crippen molar-refractivity contribution in [3.05, 3.63) is 75.6 Å². The van der Waals surface area contributed by atoms with Crippen LogP contribution in [-0.4, -0.2) is 21.8 Å². The molecule has 0 spiro atoms. The molecule has 0 unspecified atom stereocenters. The lowest BCUT2D eigenvalue weighted by Crippen LogP contribution is -2.37. The van der Waals surface area contributed by atoms with Crippen molar-refractivity contribution in [3.63, 3.8) is 0 Å². The minimum atomic E-state index is -0.470. The molecule has 1 amide bonds. The molecule has 2 aromatic carbocycles. The van der Waals surface area contributed by atoms with Gasteiger partial charge < -0.3 is 4.90 Å². The van der Waals surface area contributed by atoms with E-state index in [-0.39, 0.29) is 35.9 Å². The first-order valence-electron chi connectivity index (χ1n) is 8.26. The van der Waals surface area contributed by atoms with Gasteiger partial charge in [-0.05, 0) is 31.4 Å². The summed E-state index contributed by atoms with van der Waals surface area (Å²) in [5.74, 6) is -0.407. The number of rotatable bonds is 6. The fraction of sp³-hybridized carbons (Fsp3) is 0.316. The van der Waals surface area contributed by atoms with Gasteiger partial charge in [-0.25, -0.2) is 4.39 Å². The maximum absolute atomic E-state index is 14.1. The molecule has 0 heterocycles. The Morgan fingerprint density at radius 2 is 1.88 bits per heavy atom. The van der Waals surface area contributed by atoms with Gasteiger partial charge in [0.1, 0.15) is 5.82 Å². The van der Waals surface area contributed by atoms with Crippen molar-refractivity contribution in [1.29, 1.82) is 0 Å². The molecule has 25 heavy (non-hydrogen) atoms. The van der Waals surface area contributed by atoms with Crippen molar-refractivity contribution in [2.75, 3.05) is 0 Å². The lowest BCUT2D eigenvalue weighted by Gasteiger charge is -2.30. The van der Waals surface area contributed by atoms with E-state index in [9.17, 15) is 19.3 Å². The molecule has 3 rings (SSSR count). The summed E-state index contributed by atoms with van der Waals surface area (Å²) in [7, 11) is 0. The molecule has 2 aromatic rings. The van der Waals surface area contributed by atoms with Gasteiger partial charge >= 0.3 is 0 Å². The van der Waals surface area contributed by atoms with Gasteiger partial charge in [-0.3, -0.25) is 14.9 Å². The molecule has 1 saturated carbocycles. The van der Waals surface area contributed by atoms with Crippen LogP contribution in [-0.2, 0) is 11.2 Å². The number of benzene rings is 2. The van der Waals surface area contributed by atoms with Gasteiger partial charge in [-0.2, -0.15) is 0 Å². The molecule has 0 bridgehead atoms. The van der Waals surface area contributed by atoms with Gasteiger partial charge in [0.25, 0.3) is 5.69 Å². The van der Waals surface area contributed by atoms with Crippen molar-refractivity contribution >= 4 is 11.6 Å². The van der Waals surface area contributed by atoms with Crippen LogP contribution >= 0.6 is 0 Å². The molecule has 1 aliphatic carbocycles. The Morgan fingerprint density at radius 3 is 2.44 bits per heavy atom. The third kappa shape index (κ3) is 3.84. The van der Waals surface area contributed by atoms with E-state index in [1.165, 1.54) is 18.2 Å². The van der Waals surface area contributed by atoms with Crippen LogP contribution in [0.2, 0.25) is 0 Å². The van der Waals surface area contributed by atoms with Crippen LogP contribution in [0.3, 0.4) is 0 Å². The Hall–Kier alpha value is -2.76. The van der Waals surface area contributed by atoms with Gasteiger partial charge in [0.05, 0.1) is 17.4 Å². The molecule has 6 heteroatoms. The highest BCUT2D eigenvalue weighted by atomic mass is 19.1. The monoisotopic (exact) mass is 342 g/mol. The molecular formula is C19H19FN2O3. The molecular weight excluding hydrogens is 323 g/mol. The Balaban J connectivity index is 1.77. The molecule has 5 nitrogen and oxygen atoms in total. The largest absolute Gasteiger partial charge is 0.333 e. The molecule has 1 aliphatic rings. The zero-order valence-corrected chi connectivity index (χ0v) is 13.9. The first-order chi connectivity index (χ1) is 12.0. The number of carbonyl (C=O) groups is 1. The maximum atomic E-state index is 14.1. The number of non-ortho nitro benzene ring substituents is 1. The Morgan fingerprint density at radius 1 is 1.24 bits per heavy atom. The minimum Gasteiger partial charge on any atom is -0.333 e. The minimum absolute atomic E-state index is 0.00465. The van der Waals surface area contributed by atoms with E-state index in [2.05, 4.69) is 0 Å². The standard InChI is InChI=1S/C19H19FN2O3/c1-13(17-4-2-3-5-18(17)20)21(15-10-11-15)19(23)12-14-6-8-16(9-7-14)22(24)25/h2-9,13,15H,10-12H2,1H3/t13-/m1/s1. The van der Waals surface area contributed by atoms with Crippen LogP contribution in [0.4, 0.5) is 10.1 Å². The summed E-state index contributed by atoms with van der Waals surface area (Å²) in [6, 6.07) is 12.3. The average molecular weight is 342 g/mol. The maximum Gasteiger partial charge on any atom is 0.269 e. The highest BCUT2D eigenvalue weighted by molar-refractivity contribution is 5.80. The zero-order valence-electron chi connectivity index (χ0n) is 13.9. The molecule has 1 atom stereocenters. The normalized spacial score (nSPS) is 14.8. The van der Waals surface area contributed by atoms with E-state index in [4.69, 9.17) is 0 Å². The van der Waals surface area contributed by atoms with E-state index >= 15 is 0 Å². The van der Waals surface area contributed by atoms with Crippen LogP contribution in [0.25, 0.3) is 0 Å². The topological polar surface area (TPSA) is 63.5 Å². The number of nitro benzene ring substituents is 1. The zero-order chi connectivity index (χ0) is 18.0. The van der Waals surface area contributed by atoms with Crippen molar-refractivity contribution < 1.29 is 14.1 Å². The molecule has 0 radical (unpaired) electrons. The summed E-state index contributed by atoms with van der Waals surface area (Å²) in [5.41, 5.74) is 1.21. The van der Waals surface area contributed by atoms with Crippen LogP contribution in [0.1, 0.15) is 36.9 Å². The van der Waals surface area contributed by atoms with E-state index in [1.807, 2.05) is 6.92 Å². The van der Waals surface area contributed by atoms with Crippen LogP contribution in [0.15, 0.2) is 48.5 Å². The Kier molecular flexibility index (Phi) is 4.79. The number of nitrogens with zero attached hydrogens (tertiary/aromatic N) is 2. The highest BCUT2D eigenvalue weighted by Gasteiger charge is 2.36. The van der Waals surface area contributed by atoms with E-state index in [1.54, 1.807) is 35.2 Å². The van der Waals surface area contributed by atoms with Gasteiger partial charge in [-0.15, -0.1) is 0 Å². The van der Waals surface area contributed by atoms with Gasteiger partial charge in [0.15, 0.2) is 0 Å². The molecule has 0 aliphatic heterocycles. The number of nitro groups is 1. The number of amides is 1. The van der Waals surface area contributed by atoms with E-state index in [0.717, 1.165) is 12.8 Å². The lowest BCUT2D eigenvalue weighted by atomic mass is 10.0. The second kappa shape index (κ2) is 7.01. The second-order valence-corrected chi connectivity index (χ2v) is 6.33. The molecule has 1 fully saturated rings. The molecule has 0 aromatic heterocycles. The number of halogens is 1. The first-order valence-corrected chi connectivity index (χ1v) is 8.26.